The van der Waals surface area contributed by atoms with E-state index in [4.69, 9.17) is 4.42 Å². The number of halogens is 3. The molecule has 2 heterocycles. The number of nitrogens with one attached hydrogen (secondary N) is 2. The summed E-state index contributed by atoms with van der Waals surface area (Å²) in [5, 5.41) is 18.6. The lowest BCUT2D eigenvalue weighted by Gasteiger charge is -2.25. The van der Waals surface area contributed by atoms with Gasteiger partial charge in [0.15, 0.2) is 5.60 Å². The Bertz CT molecular complexity index is 951. The van der Waals surface area contributed by atoms with Crippen LogP contribution in [0.2, 0.25) is 0 Å². The number of hydrogen-bond acceptors (Lipinski definition) is 5. The topological polar surface area (TPSA) is 91.6 Å². The van der Waals surface area contributed by atoms with Crippen LogP contribution in [0.25, 0.3) is 0 Å². The van der Waals surface area contributed by atoms with E-state index in [1.807, 2.05) is 5.32 Å². The van der Waals surface area contributed by atoms with Crippen molar-refractivity contribution in [2.45, 2.75) is 11.8 Å². The largest absolute Gasteiger partial charge is 0.466 e. The zero-order valence-electron chi connectivity index (χ0n) is 14.7. The van der Waals surface area contributed by atoms with Crippen LogP contribution in [0.15, 0.2) is 63.9 Å². The number of carbonyl (C=O) groups is 2. The van der Waals surface area contributed by atoms with Gasteiger partial charge in [-0.05, 0) is 41.1 Å². The molecule has 29 heavy (non-hydrogen) atoms. The highest BCUT2D eigenvalue weighted by molar-refractivity contribution is 7.08. The Labute approximate surface area is 167 Å². The van der Waals surface area contributed by atoms with E-state index in [0.29, 0.717) is 5.56 Å². The maximum Gasteiger partial charge on any atom is 0.418 e. The first-order valence-electron chi connectivity index (χ1n) is 8.26. The van der Waals surface area contributed by atoms with Gasteiger partial charge in [0.2, 0.25) is 0 Å². The molecule has 0 bridgehead atoms. The van der Waals surface area contributed by atoms with Gasteiger partial charge in [-0.3, -0.25) is 9.59 Å². The van der Waals surface area contributed by atoms with E-state index in [1.54, 1.807) is 22.9 Å². The Balaban J connectivity index is 1.73. The number of para-hydroxylation sites is 1. The first-order valence-corrected chi connectivity index (χ1v) is 9.20. The van der Waals surface area contributed by atoms with Crippen LogP contribution in [-0.4, -0.2) is 23.5 Å². The normalized spacial score (nSPS) is 13.5. The second-order valence-electron chi connectivity index (χ2n) is 6.03. The van der Waals surface area contributed by atoms with Crippen molar-refractivity contribution in [2.24, 2.45) is 0 Å². The minimum absolute atomic E-state index is 0.138. The van der Waals surface area contributed by atoms with Crippen LogP contribution in [0, 0.1) is 0 Å². The SMILES string of the molecule is O=C(NC[C@](O)(c1ccsc1)c1ccco1)C(=O)Nc1ccccc1C(F)(F)F. The Kier molecular flexibility index (Phi) is 5.76. The van der Waals surface area contributed by atoms with E-state index >= 15 is 0 Å². The van der Waals surface area contributed by atoms with Crippen LogP contribution in [0.1, 0.15) is 16.9 Å². The number of thiophene rings is 1. The van der Waals surface area contributed by atoms with E-state index in [0.717, 1.165) is 12.1 Å². The monoisotopic (exact) mass is 424 g/mol. The fourth-order valence-electron chi connectivity index (χ4n) is 2.65. The van der Waals surface area contributed by atoms with Gasteiger partial charge in [-0.1, -0.05) is 12.1 Å². The van der Waals surface area contributed by atoms with E-state index in [9.17, 15) is 27.9 Å². The highest BCUT2D eigenvalue weighted by atomic mass is 32.1. The number of amides is 2. The van der Waals surface area contributed by atoms with Crippen LogP contribution < -0.4 is 10.6 Å². The maximum absolute atomic E-state index is 13.0. The number of aliphatic hydroxyl groups is 1. The number of alkyl halides is 3. The van der Waals surface area contributed by atoms with Gasteiger partial charge in [0, 0.05) is 5.56 Å². The summed E-state index contributed by atoms with van der Waals surface area (Å²) in [7, 11) is 0. The molecule has 0 radical (unpaired) electrons. The average molecular weight is 424 g/mol. The third-order valence-corrected chi connectivity index (χ3v) is 4.80. The highest BCUT2D eigenvalue weighted by Gasteiger charge is 2.37. The molecule has 3 rings (SSSR count). The Hall–Kier alpha value is -3.11. The highest BCUT2D eigenvalue weighted by Crippen LogP contribution is 2.34. The first kappa shape index (κ1) is 20.6. The number of benzene rings is 1. The van der Waals surface area contributed by atoms with E-state index in [-0.39, 0.29) is 5.76 Å². The van der Waals surface area contributed by atoms with Gasteiger partial charge in [0.05, 0.1) is 24.1 Å². The quantitative estimate of drug-likeness (QED) is 0.548. The molecule has 10 heteroatoms. The number of anilines is 1. The minimum atomic E-state index is -4.70. The summed E-state index contributed by atoms with van der Waals surface area (Å²) in [5.41, 5.74) is -2.94. The van der Waals surface area contributed by atoms with Crippen molar-refractivity contribution >= 4 is 28.8 Å². The summed E-state index contributed by atoms with van der Waals surface area (Å²) >= 11 is 1.31. The van der Waals surface area contributed by atoms with Crippen molar-refractivity contribution in [1.29, 1.82) is 0 Å². The molecule has 0 spiro atoms. The van der Waals surface area contributed by atoms with E-state index in [2.05, 4.69) is 5.32 Å². The van der Waals surface area contributed by atoms with Gasteiger partial charge in [-0.2, -0.15) is 24.5 Å². The second-order valence-corrected chi connectivity index (χ2v) is 6.81. The van der Waals surface area contributed by atoms with Crippen LogP contribution in [0.4, 0.5) is 18.9 Å². The van der Waals surface area contributed by atoms with Crippen LogP contribution in [0.5, 0.6) is 0 Å². The predicted molar refractivity (Wildman–Crippen MR) is 99.1 cm³/mol. The maximum atomic E-state index is 13.0. The van der Waals surface area contributed by atoms with Crippen molar-refractivity contribution in [3.8, 4) is 0 Å². The summed E-state index contributed by atoms with van der Waals surface area (Å²) in [5.74, 6) is -2.37. The molecule has 0 aliphatic carbocycles. The van der Waals surface area contributed by atoms with E-state index in [1.165, 1.54) is 35.8 Å². The molecule has 6 nitrogen and oxygen atoms in total. The number of hydrogen-bond donors (Lipinski definition) is 3. The van der Waals surface area contributed by atoms with Crippen LogP contribution in [0.3, 0.4) is 0 Å². The predicted octanol–water partition coefficient (Wildman–Crippen LogP) is 3.35. The smallest absolute Gasteiger partial charge is 0.418 e. The molecule has 3 N–H and O–H groups in total. The summed E-state index contributed by atoms with van der Waals surface area (Å²) in [6.07, 6.45) is -3.35. The molecule has 0 unspecified atom stereocenters. The zero-order valence-corrected chi connectivity index (χ0v) is 15.5. The molecule has 1 atom stereocenters. The lowest BCUT2D eigenvalue weighted by molar-refractivity contribution is -0.138. The van der Waals surface area contributed by atoms with Gasteiger partial charge in [0.25, 0.3) is 0 Å². The molecule has 1 aromatic carbocycles. The first-order chi connectivity index (χ1) is 13.7. The summed E-state index contributed by atoms with van der Waals surface area (Å²) in [6.45, 7) is -0.426. The number of furan rings is 1. The molecule has 0 aliphatic rings. The molecule has 0 fully saturated rings. The van der Waals surface area contributed by atoms with E-state index < -0.39 is 41.4 Å². The summed E-state index contributed by atoms with van der Waals surface area (Å²) in [6, 6.07) is 8.98. The lowest BCUT2D eigenvalue weighted by atomic mass is 9.93. The molecule has 3 aromatic rings. The molecule has 152 valence electrons. The van der Waals surface area contributed by atoms with Crippen molar-refractivity contribution in [3.63, 3.8) is 0 Å². The van der Waals surface area contributed by atoms with Gasteiger partial charge in [-0.25, -0.2) is 0 Å². The average Bonchev–Trinajstić information content (AvgIpc) is 3.39. The third kappa shape index (κ3) is 4.49. The van der Waals surface area contributed by atoms with Crippen molar-refractivity contribution < 1.29 is 32.3 Å². The lowest BCUT2D eigenvalue weighted by Crippen LogP contribution is -2.45. The molecule has 2 aromatic heterocycles. The molecule has 0 aliphatic heterocycles. The van der Waals surface area contributed by atoms with Gasteiger partial charge >= 0.3 is 18.0 Å². The van der Waals surface area contributed by atoms with Crippen molar-refractivity contribution in [2.75, 3.05) is 11.9 Å². The third-order valence-electron chi connectivity index (χ3n) is 4.12. The van der Waals surface area contributed by atoms with Gasteiger partial charge in [0.1, 0.15) is 5.76 Å². The fourth-order valence-corrected chi connectivity index (χ4v) is 3.38. The summed E-state index contributed by atoms with van der Waals surface area (Å²) in [4.78, 5) is 24.2. The zero-order chi connectivity index (χ0) is 21.1. The molecule has 0 saturated carbocycles. The van der Waals surface area contributed by atoms with Crippen LogP contribution in [-0.2, 0) is 21.4 Å². The molecular weight excluding hydrogens is 409 g/mol. The second kappa shape index (κ2) is 8.10. The molecule has 2 amide bonds. The van der Waals surface area contributed by atoms with Crippen LogP contribution >= 0.6 is 11.3 Å². The summed E-state index contributed by atoms with van der Waals surface area (Å²) < 4.78 is 44.3. The Morgan fingerprint density at radius 1 is 1.07 bits per heavy atom. The number of carbonyl (C=O) groups excluding carboxylic acids is 2. The van der Waals surface area contributed by atoms with Crippen molar-refractivity contribution in [1.82, 2.24) is 5.32 Å². The van der Waals surface area contributed by atoms with Crippen molar-refractivity contribution in [3.05, 3.63) is 76.4 Å². The molecule has 0 saturated heterocycles. The Morgan fingerprint density at radius 2 is 1.83 bits per heavy atom. The van der Waals surface area contributed by atoms with Gasteiger partial charge < -0.3 is 20.2 Å². The Morgan fingerprint density at radius 3 is 2.45 bits per heavy atom. The minimum Gasteiger partial charge on any atom is -0.466 e. The number of rotatable bonds is 5. The molecular formula is C19H15F3N2O4S. The van der Waals surface area contributed by atoms with Gasteiger partial charge in [-0.15, -0.1) is 0 Å². The standard InChI is InChI=1S/C19H15F3N2O4S/c20-19(21,22)13-4-1-2-5-14(13)24-17(26)16(25)23-11-18(27,12-7-9-29-10-12)15-6-3-8-28-15/h1-10,27H,11H2,(H,23,25)(H,24,26)/t18-/m0/s1. The fraction of sp³-hybridized carbons (Fsp3) is 0.158.